The molecule has 0 bridgehead atoms. The molecule has 0 atom stereocenters. The minimum atomic E-state index is 0. The third-order valence-electron chi connectivity index (χ3n) is 8.86. The average Bonchev–Trinajstić information content (AvgIpc) is 3.11. The number of rotatable bonds is 5. The Kier molecular flexibility index (Phi) is 9.44. The van der Waals surface area contributed by atoms with Crippen molar-refractivity contribution in [2.45, 2.75) is 52.4 Å². The Morgan fingerprint density at radius 2 is 0.959 bits per heavy atom. The first-order chi connectivity index (χ1) is 23.0. The summed E-state index contributed by atoms with van der Waals surface area (Å²) in [6.07, 6.45) is 1.86. The van der Waals surface area contributed by atoms with Crippen molar-refractivity contribution in [2.75, 3.05) is 0 Å². The fourth-order valence-electron chi connectivity index (χ4n) is 5.93. The number of hydrogen-bond acceptors (Lipinski definition) is 4. The first-order valence-electron chi connectivity index (χ1n) is 16.5. The number of hydrogen-bond donors (Lipinski definition) is 0. The molecule has 0 aliphatic carbocycles. The van der Waals surface area contributed by atoms with Crippen molar-refractivity contribution in [1.82, 2.24) is 19.9 Å². The van der Waals surface area contributed by atoms with Crippen LogP contribution in [-0.2, 0) is 30.9 Å². The second-order valence-corrected chi connectivity index (χ2v) is 14.4. The molecule has 7 aromatic rings. The maximum Gasteiger partial charge on any atom is 0.164 e. The Balaban J connectivity index is 0.00000417. The van der Waals surface area contributed by atoms with Crippen molar-refractivity contribution >= 4 is 10.8 Å². The van der Waals surface area contributed by atoms with Crippen molar-refractivity contribution in [2.24, 2.45) is 0 Å². The van der Waals surface area contributed by atoms with Gasteiger partial charge in [-0.1, -0.05) is 139 Å². The molecule has 0 spiro atoms. The number of benzene rings is 5. The molecule has 49 heavy (non-hydrogen) atoms. The van der Waals surface area contributed by atoms with Gasteiger partial charge in [0.2, 0.25) is 0 Å². The summed E-state index contributed by atoms with van der Waals surface area (Å²) in [4.78, 5) is 19.7. The third-order valence-corrected chi connectivity index (χ3v) is 8.86. The van der Waals surface area contributed by atoms with Crippen molar-refractivity contribution in [1.29, 1.82) is 0 Å². The molecular formula is C44H39IrN4-. The van der Waals surface area contributed by atoms with Crippen molar-refractivity contribution in [3.8, 4) is 56.5 Å². The third kappa shape index (κ3) is 7.29. The van der Waals surface area contributed by atoms with Crippen LogP contribution in [-0.4, -0.2) is 19.9 Å². The van der Waals surface area contributed by atoms with Crippen molar-refractivity contribution in [3.63, 3.8) is 0 Å². The van der Waals surface area contributed by atoms with E-state index in [1.807, 2.05) is 18.3 Å². The first kappa shape index (κ1) is 34.0. The normalized spacial score (nSPS) is 11.7. The SMILES string of the molecule is CC(C)(C)c1ccc(-c2nc(-c3ccc(-c4cc[c-]c(-c5nccc6ccccc56)c4)cc3)nc(-c3ccc(C(C)(C)C)cc3)n2)cc1.[Ir]. The molecule has 7 rings (SSSR count). The molecule has 0 fully saturated rings. The Hall–Kier alpha value is -4.83. The average molecular weight is 816 g/mol. The van der Waals surface area contributed by atoms with Crippen LogP contribution >= 0.6 is 0 Å². The number of fused-ring (bicyclic) bond motifs is 1. The summed E-state index contributed by atoms with van der Waals surface area (Å²) >= 11 is 0. The van der Waals surface area contributed by atoms with E-state index >= 15 is 0 Å². The maximum absolute atomic E-state index is 5.00. The second kappa shape index (κ2) is 13.6. The van der Waals surface area contributed by atoms with Gasteiger partial charge in [0.15, 0.2) is 17.5 Å². The summed E-state index contributed by atoms with van der Waals surface area (Å²) < 4.78 is 0. The smallest absolute Gasteiger partial charge is 0.164 e. The van der Waals surface area contributed by atoms with Gasteiger partial charge in [-0.3, -0.25) is 0 Å². The standard InChI is InChI=1S/C44H39N4.Ir/c1-43(2,3)36-22-18-32(19-23-36)41-46-40(47-42(48-41)33-20-24-37(25-21-33)44(4,5)6)31-16-14-29(15-17-31)34-11-9-12-35(28-34)39-38-13-8-7-10-30(38)26-27-45-39;/h7-11,13-28H,1-6H3;/q-1;. The van der Waals surface area contributed by atoms with E-state index in [9.17, 15) is 0 Å². The Labute approximate surface area is 303 Å². The van der Waals surface area contributed by atoms with E-state index in [0.717, 1.165) is 49.8 Å². The van der Waals surface area contributed by atoms with Crippen LogP contribution in [0.15, 0.2) is 128 Å². The molecule has 5 heteroatoms. The van der Waals surface area contributed by atoms with Crippen molar-refractivity contribution in [3.05, 3.63) is 145 Å². The molecule has 0 amide bonds. The van der Waals surface area contributed by atoms with Crippen LogP contribution in [0.3, 0.4) is 0 Å². The summed E-state index contributed by atoms with van der Waals surface area (Å²) in [7, 11) is 0. The van der Waals surface area contributed by atoms with Gasteiger partial charge in [0.05, 0.1) is 0 Å². The summed E-state index contributed by atoms with van der Waals surface area (Å²) in [6.45, 7) is 13.3. The van der Waals surface area contributed by atoms with Gasteiger partial charge < -0.3 is 4.98 Å². The molecule has 0 aliphatic rings. The van der Waals surface area contributed by atoms with Crippen LogP contribution in [0, 0.1) is 6.07 Å². The van der Waals surface area contributed by atoms with Gasteiger partial charge in [0, 0.05) is 43.0 Å². The van der Waals surface area contributed by atoms with E-state index in [4.69, 9.17) is 19.9 Å². The fourth-order valence-corrected chi connectivity index (χ4v) is 5.93. The number of nitrogens with zero attached hydrogens (tertiary/aromatic N) is 4. The summed E-state index contributed by atoms with van der Waals surface area (Å²) in [5.74, 6) is 1.96. The van der Waals surface area contributed by atoms with E-state index in [2.05, 4.69) is 157 Å². The number of pyridine rings is 1. The van der Waals surface area contributed by atoms with Crippen LogP contribution in [0.4, 0.5) is 0 Å². The van der Waals surface area contributed by atoms with E-state index in [1.54, 1.807) is 0 Å². The van der Waals surface area contributed by atoms with Gasteiger partial charge in [-0.05, 0) is 50.1 Å². The Morgan fingerprint density at radius 3 is 1.47 bits per heavy atom. The molecule has 5 aromatic carbocycles. The van der Waals surface area contributed by atoms with Crippen molar-refractivity contribution < 1.29 is 20.1 Å². The molecule has 0 aliphatic heterocycles. The van der Waals surface area contributed by atoms with Crippen LogP contribution in [0.2, 0.25) is 0 Å². The van der Waals surface area contributed by atoms with Crippen LogP contribution in [0.25, 0.3) is 67.3 Å². The maximum atomic E-state index is 5.00. The second-order valence-electron chi connectivity index (χ2n) is 14.4. The van der Waals surface area contributed by atoms with Gasteiger partial charge in [-0.15, -0.1) is 35.4 Å². The topological polar surface area (TPSA) is 51.6 Å². The predicted octanol–water partition coefficient (Wildman–Crippen LogP) is 11.1. The summed E-state index contributed by atoms with van der Waals surface area (Å²) in [6, 6.07) is 45.6. The van der Waals surface area contributed by atoms with Crippen LogP contribution in [0.1, 0.15) is 52.7 Å². The van der Waals surface area contributed by atoms with E-state index < -0.39 is 0 Å². The molecule has 1 radical (unpaired) electrons. The van der Waals surface area contributed by atoms with Gasteiger partial charge in [-0.25, -0.2) is 15.0 Å². The van der Waals surface area contributed by atoms with Gasteiger partial charge in [0.1, 0.15) is 0 Å². The molecule has 0 unspecified atom stereocenters. The largest absolute Gasteiger partial charge is 0.304 e. The quantitative estimate of drug-likeness (QED) is 0.162. The van der Waals surface area contributed by atoms with Crippen LogP contribution in [0.5, 0.6) is 0 Å². The zero-order valence-electron chi connectivity index (χ0n) is 28.7. The zero-order chi connectivity index (χ0) is 33.5. The first-order valence-corrected chi connectivity index (χ1v) is 16.5. The summed E-state index contributed by atoms with van der Waals surface area (Å²) in [5.41, 5.74) is 9.62. The molecule has 0 saturated heterocycles. The monoisotopic (exact) mass is 816 g/mol. The van der Waals surface area contributed by atoms with E-state index in [1.165, 1.54) is 11.1 Å². The fraction of sp³-hybridized carbons (Fsp3) is 0.182. The summed E-state index contributed by atoms with van der Waals surface area (Å²) in [5, 5.41) is 2.28. The van der Waals surface area contributed by atoms with Crippen LogP contribution < -0.4 is 0 Å². The molecule has 2 aromatic heterocycles. The Bertz CT molecular complexity index is 2140. The van der Waals surface area contributed by atoms with Gasteiger partial charge in [-0.2, -0.15) is 0 Å². The molecule has 245 valence electrons. The molecular weight excluding hydrogens is 777 g/mol. The molecule has 0 N–H and O–H groups in total. The molecule has 4 nitrogen and oxygen atoms in total. The van der Waals surface area contributed by atoms with E-state index in [0.29, 0.717) is 17.5 Å². The van der Waals surface area contributed by atoms with Gasteiger partial charge in [0.25, 0.3) is 0 Å². The molecule has 0 saturated carbocycles. The minimum Gasteiger partial charge on any atom is -0.304 e. The molecule has 2 heterocycles. The predicted molar refractivity (Wildman–Crippen MR) is 199 cm³/mol. The van der Waals surface area contributed by atoms with E-state index in [-0.39, 0.29) is 30.9 Å². The zero-order valence-corrected chi connectivity index (χ0v) is 31.1. The van der Waals surface area contributed by atoms with Gasteiger partial charge >= 0.3 is 0 Å². The minimum absolute atomic E-state index is 0. The Morgan fingerprint density at radius 1 is 0.490 bits per heavy atom. The number of aromatic nitrogens is 4.